The van der Waals surface area contributed by atoms with Crippen LogP contribution in [0.3, 0.4) is 0 Å². The van der Waals surface area contributed by atoms with Crippen LogP contribution < -0.4 is 5.43 Å². The molecule has 0 atom stereocenters. The second kappa shape index (κ2) is 11.5. The molecular formula is C19H30N2O3. The Morgan fingerprint density at radius 3 is 2.29 bits per heavy atom. The molecule has 0 radical (unpaired) electrons. The molecule has 0 aromatic heterocycles. The number of carbonyl (C=O) groups excluding carboxylic acids is 1. The Bertz CT molecular complexity index is 541. The lowest BCUT2D eigenvalue weighted by Crippen LogP contribution is -2.18. The van der Waals surface area contributed by atoms with Crippen molar-refractivity contribution in [3.05, 3.63) is 23.8 Å². The minimum Gasteiger partial charge on any atom is -0.508 e. The molecule has 0 aliphatic heterocycles. The predicted octanol–water partition coefficient (Wildman–Crippen LogP) is 4.47. The second-order valence-electron chi connectivity index (χ2n) is 6.16. The molecule has 24 heavy (non-hydrogen) atoms. The van der Waals surface area contributed by atoms with E-state index in [-0.39, 0.29) is 17.4 Å². The summed E-state index contributed by atoms with van der Waals surface area (Å²) in [6.45, 7) is 3.91. The number of rotatable bonds is 11. The fourth-order valence-electron chi connectivity index (χ4n) is 2.51. The lowest BCUT2D eigenvalue weighted by atomic mass is 10.1. The summed E-state index contributed by atoms with van der Waals surface area (Å²) in [5, 5.41) is 23.0. The zero-order valence-electron chi connectivity index (χ0n) is 14.8. The maximum Gasteiger partial charge on any atom is 0.240 e. The van der Waals surface area contributed by atoms with Crippen molar-refractivity contribution in [2.45, 2.75) is 71.6 Å². The minimum absolute atomic E-state index is 0.0113. The number of carbonyl (C=O) groups is 1. The van der Waals surface area contributed by atoms with Crippen LogP contribution in [0.1, 0.15) is 77.2 Å². The SMILES string of the molecule is CCCCCCCCCCC(=O)N/N=C(\C)c1ccc(O)cc1O. The van der Waals surface area contributed by atoms with Gasteiger partial charge >= 0.3 is 0 Å². The van der Waals surface area contributed by atoms with Crippen LogP contribution in [0, 0.1) is 0 Å². The van der Waals surface area contributed by atoms with Crippen molar-refractivity contribution >= 4 is 11.6 Å². The Balaban J connectivity index is 2.23. The summed E-state index contributed by atoms with van der Waals surface area (Å²) in [6, 6.07) is 4.28. The third kappa shape index (κ3) is 7.99. The number of benzene rings is 1. The maximum atomic E-state index is 11.8. The van der Waals surface area contributed by atoms with Crippen LogP contribution in [0.25, 0.3) is 0 Å². The molecule has 3 N–H and O–H groups in total. The highest BCUT2D eigenvalue weighted by molar-refractivity contribution is 6.01. The number of nitrogens with one attached hydrogen (secondary N) is 1. The van der Waals surface area contributed by atoms with Gasteiger partial charge in [-0.25, -0.2) is 5.43 Å². The van der Waals surface area contributed by atoms with Crippen LogP contribution in [0.4, 0.5) is 0 Å². The van der Waals surface area contributed by atoms with Gasteiger partial charge in [0.1, 0.15) is 11.5 Å². The Labute approximate surface area is 144 Å². The molecule has 0 bridgehead atoms. The van der Waals surface area contributed by atoms with E-state index in [9.17, 15) is 15.0 Å². The van der Waals surface area contributed by atoms with E-state index in [0.29, 0.717) is 17.7 Å². The molecule has 0 saturated heterocycles. The molecule has 134 valence electrons. The van der Waals surface area contributed by atoms with Crippen molar-refractivity contribution in [3.63, 3.8) is 0 Å². The van der Waals surface area contributed by atoms with Crippen molar-refractivity contribution in [1.29, 1.82) is 0 Å². The van der Waals surface area contributed by atoms with E-state index in [0.717, 1.165) is 12.8 Å². The number of phenolic OH excluding ortho intramolecular Hbond substituents is 2. The van der Waals surface area contributed by atoms with Gasteiger partial charge in [0.15, 0.2) is 0 Å². The minimum atomic E-state index is -0.112. The summed E-state index contributed by atoms with van der Waals surface area (Å²) >= 11 is 0. The van der Waals surface area contributed by atoms with Gasteiger partial charge in [-0.1, -0.05) is 51.9 Å². The average Bonchev–Trinajstić information content (AvgIpc) is 2.55. The monoisotopic (exact) mass is 334 g/mol. The summed E-state index contributed by atoms with van der Waals surface area (Å²) in [5.74, 6) is -0.185. The van der Waals surface area contributed by atoms with Crippen molar-refractivity contribution < 1.29 is 15.0 Å². The molecule has 0 fully saturated rings. The quantitative estimate of drug-likeness (QED) is 0.317. The molecule has 0 spiro atoms. The third-order valence-electron chi connectivity index (χ3n) is 3.98. The van der Waals surface area contributed by atoms with Gasteiger partial charge in [-0.2, -0.15) is 5.10 Å². The van der Waals surface area contributed by atoms with Gasteiger partial charge in [0.2, 0.25) is 5.91 Å². The Hall–Kier alpha value is -2.04. The first-order valence-electron chi connectivity index (χ1n) is 8.90. The third-order valence-corrected chi connectivity index (χ3v) is 3.98. The van der Waals surface area contributed by atoms with Gasteiger partial charge in [0.05, 0.1) is 5.71 Å². The molecule has 0 aliphatic carbocycles. The standard InChI is InChI=1S/C19H30N2O3/c1-3-4-5-6-7-8-9-10-11-19(24)21-20-15(2)17-13-12-16(22)14-18(17)23/h12-14,22-23H,3-11H2,1-2H3,(H,21,24)/b20-15+. The number of phenols is 2. The first-order chi connectivity index (χ1) is 11.5. The van der Waals surface area contributed by atoms with E-state index in [1.54, 1.807) is 13.0 Å². The van der Waals surface area contributed by atoms with E-state index < -0.39 is 0 Å². The lowest BCUT2D eigenvalue weighted by Gasteiger charge is -2.06. The molecule has 0 heterocycles. The van der Waals surface area contributed by atoms with E-state index >= 15 is 0 Å². The Morgan fingerprint density at radius 2 is 1.67 bits per heavy atom. The first-order valence-corrected chi connectivity index (χ1v) is 8.90. The number of hydrogen-bond acceptors (Lipinski definition) is 4. The lowest BCUT2D eigenvalue weighted by molar-refractivity contribution is -0.121. The van der Waals surface area contributed by atoms with E-state index in [2.05, 4.69) is 17.5 Å². The normalized spacial score (nSPS) is 11.5. The Kier molecular flexibility index (Phi) is 9.58. The van der Waals surface area contributed by atoms with Gasteiger partial charge in [-0.3, -0.25) is 4.79 Å². The van der Waals surface area contributed by atoms with Gasteiger partial charge in [-0.15, -0.1) is 0 Å². The topological polar surface area (TPSA) is 81.9 Å². The van der Waals surface area contributed by atoms with Crippen LogP contribution in [-0.4, -0.2) is 21.8 Å². The van der Waals surface area contributed by atoms with Gasteiger partial charge < -0.3 is 10.2 Å². The molecule has 5 heteroatoms. The largest absolute Gasteiger partial charge is 0.508 e. The van der Waals surface area contributed by atoms with Crippen molar-refractivity contribution in [2.75, 3.05) is 0 Å². The van der Waals surface area contributed by atoms with Crippen LogP contribution in [0.5, 0.6) is 11.5 Å². The van der Waals surface area contributed by atoms with Crippen molar-refractivity contribution in [1.82, 2.24) is 5.43 Å². The highest BCUT2D eigenvalue weighted by Gasteiger charge is 2.06. The summed E-state index contributed by atoms with van der Waals surface area (Å²) < 4.78 is 0. The van der Waals surface area contributed by atoms with Crippen LogP contribution in [-0.2, 0) is 4.79 Å². The summed E-state index contributed by atoms with van der Waals surface area (Å²) in [4.78, 5) is 11.8. The van der Waals surface area contributed by atoms with Gasteiger partial charge in [0, 0.05) is 18.1 Å². The zero-order valence-corrected chi connectivity index (χ0v) is 14.8. The molecule has 0 aliphatic rings. The number of hydrogen-bond donors (Lipinski definition) is 3. The summed E-state index contributed by atoms with van der Waals surface area (Å²) in [7, 11) is 0. The molecule has 1 aromatic rings. The van der Waals surface area contributed by atoms with Crippen LogP contribution in [0.15, 0.2) is 23.3 Å². The Morgan fingerprint density at radius 1 is 1.04 bits per heavy atom. The molecule has 0 unspecified atom stereocenters. The maximum absolute atomic E-state index is 11.8. The molecular weight excluding hydrogens is 304 g/mol. The molecule has 0 saturated carbocycles. The second-order valence-corrected chi connectivity index (χ2v) is 6.16. The molecule has 1 amide bonds. The summed E-state index contributed by atoms with van der Waals surface area (Å²) in [5.41, 5.74) is 3.50. The molecule has 5 nitrogen and oxygen atoms in total. The number of aromatic hydroxyl groups is 2. The molecule has 1 rings (SSSR count). The average molecular weight is 334 g/mol. The summed E-state index contributed by atoms with van der Waals surface area (Å²) in [6.07, 6.45) is 10.0. The predicted molar refractivity (Wildman–Crippen MR) is 97.4 cm³/mol. The highest BCUT2D eigenvalue weighted by Crippen LogP contribution is 2.22. The number of nitrogens with zero attached hydrogens (tertiary/aromatic N) is 1. The highest BCUT2D eigenvalue weighted by atomic mass is 16.3. The van der Waals surface area contributed by atoms with E-state index in [1.165, 1.54) is 50.7 Å². The van der Waals surface area contributed by atoms with Crippen molar-refractivity contribution in [3.8, 4) is 11.5 Å². The fourth-order valence-corrected chi connectivity index (χ4v) is 2.51. The zero-order chi connectivity index (χ0) is 17.8. The fraction of sp³-hybridized carbons (Fsp3) is 0.579. The van der Waals surface area contributed by atoms with Gasteiger partial charge in [-0.05, 0) is 25.5 Å². The van der Waals surface area contributed by atoms with E-state index in [4.69, 9.17) is 0 Å². The first kappa shape index (κ1) is 20.0. The number of unbranched alkanes of at least 4 members (excludes halogenated alkanes) is 7. The van der Waals surface area contributed by atoms with Gasteiger partial charge in [0.25, 0.3) is 0 Å². The number of amides is 1. The number of hydrazone groups is 1. The van der Waals surface area contributed by atoms with Crippen LogP contribution in [0.2, 0.25) is 0 Å². The van der Waals surface area contributed by atoms with Crippen LogP contribution >= 0.6 is 0 Å². The van der Waals surface area contributed by atoms with Crippen molar-refractivity contribution in [2.24, 2.45) is 5.10 Å². The van der Waals surface area contributed by atoms with E-state index in [1.807, 2.05) is 0 Å². The molecule has 1 aromatic carbocycles. The smallest absolute Gasteiger partial charge is 0.240 e.